The summed E-state index contributed by atoms with van der Waals surface area (Å²) in [7, 11) is 0. The average molecular weight is 401 g/mol. The first kappa shape index (κ1) is 20.5. The molecule has 0 spiro atoms. The summed E-state index contributed by atoms with van der Waals surface area (Å²) in [5.41, 5.74) is 1.22. The van der Waals surface area contributed by atoms with Gasteiger partial charge in [-0.25, -0.2) is 0 Å². The Balaban J connectivity index is 0.00000225. The van der Waals surface area contributed by atoms with Gasteiger partial charge in [-0.15, -0.1) is 12.4 Å². The van der Waals surface area contributed by atoms with Crippen molar-refractivity contribution in [1.29, 1.82) is 0 Å². The first-order chi connectivity index (χ1) is 11.8. The van der Waals surface area contributed by atoms with Crippen LogP contribution in [-0.4, -0.2) is 37.8 Å². The first-order valence-electron chi connectivity index (χ1n) is 8.31. The molecule has 2 nitrogen and oxygen atoms in total. The topological polar surface area (TPSA) is 15.3 Å². The van der Waals surface area contributed by atoms with E-state index in [1.54, 1.807) is 11.8 Å². The summed E-state index contributed by atoms with van der Waals surface area (Å²) in [5.74, 6) is 0. The second-order valence-electron chi connectivity index (χ2n) is 5.87. The number of hydrogen-bond donors (Lipinski definition) is 1. The molecule has 1 aliphatic heterocycles. The van der Waals surface area contributed by atoms with E-state index in [1.807, 2.05) is 30.3 Å². The fourth-order valence-corrected chi connectivity index (χ4v) is 4.23. The highest BCUT2D eigenvalue weighted by Crippen LogP contribution is 2.37. The van der Waals surface area contributed by atoms with Crippen molar-refractivity contribution in [1.82, 2.24) is 10.2 Å². The molecule has 1 N–H and O–H groups in total. The molecule has 1 saturated heterocycles. The third-order valence-electron chi connectivity index (χ3n) is 4.29. The molecule has 1 fully saturated rings. The van der Waals surface area contributed by atoms with Crippen molar-refractivity contribution >= 4 is 35.8 Å². The van der Waals surface area contributed by atoms with Crippen LogP contribution in [0.25, 0.3) is 0 Å². The van der Waals surface area contributed by atoms with E-state index in [1.165, 1.54) is 10.5 Å². The standard InChI is InChI=1S/C19H22ClFN2S.ClH/c20-15-5-7-16(8-6-15)24-19-4-2-1-3-17(19)18(9-10-21)23-13-11-22-12-14-23;/h1-8,18,22H,9-14H2;1H/t18-;/m0./s1. The molecule has 0 aliphatic carbocycles. The molecule has 1 aliphatic rings. The van der Waals surface area contributed by atoms with Crippen molar-refractivity contribution in [2.45, 2.75) is 22.3 Å². The largest absolute Gasteiger partial charge is 0.314 e. The molecule has 0 radical (unpaired) electrons. The van der Waals surface area contributed by atoms with Crippen LogP contribution in [0.5, 0.6) is 0 Å². The molecule has 3 rings (SSSR count). The monoisotopic (exact) mass is 400 g/mol. The van der Waals surface area contributed by atoms with E-state index < -0.39 is 0 Å². The zero-order chi connectivity index (χ0) is 16.8. The second-order valence-corrected chi connectivity index (χ2v) is 7.43. The lowest BCUT2D eigenvalue weighted by Crippen LogP contribution is -2.45. The highest BCUT2D eigenvalue weighted by Gasteiger charge is 2.24. The SMILES string of the molecule is Cl.FCC[C@@H](c1ccccc1Sc1ccc(Cl)cc1)N1CCNCC1. The molecular formula is C19H23Cl2FN2S. The predicted octanol–water partition coefficient (Wildman–Crippen LogP) is 5.22. The van der Waals surface area contributed by atoms with Crippen LogP contribution in [0, 0.1) is 0 Å². The fraction of sp³-hybridized carbons (Fsp3) is 0.368. The molecule has 0 unspecified atom stereocenters. The van der Waals surface area contributed by atoms with Gasteiger partial charge in [0.15, 0.2) is 0 Å². The molecule has 6 heteroatoms. The number of alkyl halides is 1. The molecule has 136 valence electrons. The van der Waals surface area contributed by atoms with Crippen molar-refractivity contribution in [3.8, 4) is 0 Å². The van der Waals surface area contributed by atoms with Gasteiger partial charge in [-0.2, -0.15) is 0 Å². The minimum Gasteiger partial charge on any atom is -0.314 e. The summed E-state index contributed by atoms with van der Waals surface area (Å²) in [4.78, 5) is 4.74. The fourth-order valence-electron chi connectivity index (χ4n) is 3.11. The van der Waals surface area contributed by atoms with Crippen LogP contribution >= 0.6 is 35.8 Å². The number of nitrogens with one attached hydrogen (secondary N) is 1. The van der Waals surface area contributed by atoms with E-state index in [-0.39, 0.29) is 25.1 Å². The number of halogens is 3. The smallest absolute Gasteiger partial charge is 0.0912 e. The van der Waals surface area contributed by atoms with Gasteiger partial charge in [0.2, 0.25) is 0 Å². The molecule has 25 heavy (non-hydrogen) atoms. The summed E-state index contributed by atoms with van der Waals surface area (Å²) in [5, 5.41) is 4.11. The van der Waals surface area contributed by atoms with Gasteiger partial charge in [0, 0.05) is 47.0 Å². The van der Waals surface area contributed by atoms with Gasteiger partial charge in [0.1, 0.15) is 0 Å². The lowest BCUT2D eigenvalue weighted by molar-refractivity contribution is 0.155. The van der Waals surface area contributed by atoms with Crippen LogP contribution < -0.4 is 5.32 Å². The Bertz CT molecular complexity index is 648. The average Bonchev–Trinajstić information content (AvgIpc) is 2.63. The molecule has 0 aromatic heterocycles. The summed E-state index contributed by atoms with van der Waals surface area (Å²) >= 11 is 7.69. The highest BCUT2D eigenvalue weighted by molar-refractivity contribution is 7.99. The molecular weight excluding hydrogens is 378 g/mol. The van der Waals surface area contributed by atoms with E-state index in [0.717, 1.165) is 36.1 Å². The Labute approximate surface area is 164 Å². The number of rotatable bonds is 6. The van der Waals surface area contributed by atoms with E-state index in [4.69, 9.17) is 11.6 Å². The maximum Gasteiger partial charge on any atom is 0.0912 e. The van der Waals surface area contributed by atoms with Gasteiger partial charge in [0.05, 0.1) is 6.67 Å². The third-order valence-corrected chi connectivity index (χ3v) is 5.65. The number of benzene rings is 2. The maximum absolute atomic E-state index is 13.2. The normalized spacial score (nSPS) is 16.2. The van der Waals surface area contributed by atoms with E-state index >= 15 is 0 Å². The van der Waals surface area contributed by atoms with E-state index in [2.05, 4.69) is 28.4 Å². The summed E-state index contributed by atoms with van der Waals surface area (Å²) in [6, 6.07) is 16.4. The van der Waals surface area contributed by atoms with Crippen LogP contribution in [0.15, 0.2) is 58.3 Å². The maximum atomic E-state index is 13.2. The predicted molar refractivity (Wildman–Crippen MR) is 107 cm³/mol. The van der Waals surface area contributed by atoms with Crippen LogP contribution in [0.3, 0.4) is 0 Å². The van der Waals surface area contributed by atoms with Gasteiger partial charge in [-0.05, 0) is 42.3 Å². The molecule has 0 saturated carbocycles. The van der Waals surface area contributed by atoms with Gasteiger partial charge >= 0.3 is 0 Å². The molecule has 1 atom stereocenters. The van der Waals surface area contributed by atoms with Gasteiger partial charge in [-0.3, -0.25) is 9.29 Å². The van der Waals surface area contributed by atoms with Gasteiger partial charge in [-0.1, -0.05) is 41.6 Å². The van der Waals surface area contributed by atoms with E-state index in [0.29, 0.717) is 6.42 Å². The Morgan fingerprint density at radius 1 is 1.08 bits per heavy atom. The molecule has 2 aromatic rings. The highest BCUT2D eigenvalue weighted by atomic mass is 35.5. The summed E-state index contributed by atoms with van der Waals surface area (Å²) < 4.78 is 13.2. The van der Waals surface area contributed by atoms with Crippen molar-refractivity contribution in [3.05, 3.63) is 59.1 Å². The van der Waals surface area contributed by atoms with E-state index in [9.17, 15) is 4.39 Å². The molecule has 1 heterocycles. The van der Waals surface area contributed by atoms with Gasteiger partial charge < -0.3 is 5.32 Å². The Hall–Kier alpha value is -0.780. The molecule has 2 aromatic carbocycles. The van der Waals surface area contributed by atoms with Crippen molar-refractivity contribution in [2.75, 3.05) is 32.9 Å². The minimum absolute atomic E-state index is 0. The van der Waals surface area contributed by atoms with Crippen LogP contribution in [0.2, 0.25) is 5.02 Å². The zero-order valence-electron chi connectivity index (χ0n) is 14.0. The molecule has 0 amide bonds. The minimum atomic E-state index is -0.297. The van der Waals surface area contributed by atoms with Gasteiger partial charge in [0.25, 0.3) is 0 Å². The molecule has 0 bridgehead atoms. The van der Waals surface area contributed by atoms with Crippen molar-refractivity contribution in [2.24, 2.45) is 0 Å². The Morgan fingerprint density at radius 3 is 2.44 bits per heavy atom. The lowest BCUT2D eigenvalue weighted by atomic mass is 10.0. The summed E-state index contributed by atoms with van der Waals surface area (Å²) in [6.07, 6.45) is 0.540. The Kier molecular flexibility index (Phi) is 8.53. The lowest BCUT2D eigenvalue weighted by Gasteiger charge is -2.35. The second kappa shape index (κ2) is 10.4. The zero-order valence-corrected chi connectivity index (χ0v) is 16.3. The third kappa shape index (κ3) is 5.60. The Morgan fingerprint density at radius 2 is 1.76 bits per heavy atom. The van der Waals surface area contributed by atoms with Crippen molar-refractivity contribution < 1.29 is 4.39 Å². The summed E-state index contributed by atoms with van der Waals surface area (Å²) in [6.45, 7) is 3.56. The number of piperazine rings is 1. The number of hydrogen-bond acceptors (Lipinski definition) is 3. The quantitative estimate of drug-likeness (QED) is 0.715. The van der Waals surface area contributed by atoms with Crippen molar-refractivity contribution in [3.63, 3.8) is 0 Å². The van der Waals surface area contributed by atoms with Crippen LogP contribution in [0.4, 0.5) is 4.39 Å². The first-order valence-corrected chi connectivity index (χ1v) is 9.50. The van der Waals surface area contributed by atoms with Crippen LogP contribution in [0.1, 0.15) is 18.0 Å². The number of nitrogens with zero attached hydrogens (tertiary/aromatic N) is 1. The van der Waals surface area contributed by atoms with Crippen LogP contribution in [-0.2, 0) is 0 Å².